The Bertz CT molecular complexity index is 129. The summed E-state index contributed by atoms with van der Waals surface area (Å²) >= 11 is 0. The Morgan fingerprint density at radius 3 is 0.667 bits per heavy atom. The topological polar surface area (TPSA) is 172 Å². The normalized spacial score (nSPS) is 9.83. The van der Waals surface area contributed by atoms with E-state index in [0.29, 0.717) is 0 Å². The minimum atomic E-state index is -5.39. The van der Waals surface area contributed by atoms with Crippen molar-refractivity contribution in [3.05, 3.63) is 0 Å². The minimum absolute atomic E-state index is 0. The molecule has 0 aliphatic rings. The van der Waals surface area contributed by atoms with Crippen LogP contribution in [-0.2, 0) is 9.13 Å². The van der Waals surface area contributed by atoms with Gasteiger partial charge in [-0.2, -0.15) is 15.6 Å². The quantitative estimate of drug-likeness (QED) is 0.304. The molecule has 0 heterocycles. The van der Waals surface area contributed by atoms with E-state index in [0.717, 1.165) is 0 Å². The van der Waals surface area contributed by atoms with Crippen molar-refractivity contribution in [1.82, 2.24) is 0 Å². The van der Waals surface area contributed by atoms with Gasteiger partial charge in [0.25, 0.3) is 0 Å². The van der Waals surface area contributed by atoms with Gasteiger partial charge in [0.2, 0.25) is 0 Å². The number of hydrogen-bond acceptors (Lipinski definition) is 8. The van der Waals surface area contributed by atoms with Gasteiger partial charge < -0.3 is 38.5 Å². The monoisotopic (exact) mass is 488 g/mol. The second kappa shape index (κ2) is 10.2. The van der Waals surface area contributed by atoms with E-state index in [2.05, 4.69) is 0 Å². The van der Waals surface area contributed by atoms with Crippen molar-refractivity contribution in [2.45, 2.75) is 0 Å². The second-order valence-electron chi connectivity index (χ2n) is 0.894. The van der Waals surface area contributed by atoms with Crippen molar-refractivity contribution in [2.24, 2.45) is 0 Å². The van der Waals surface area contributed by atoms with Crippen molar-refractivity contribution in [3.63, 3.8) is 0 Å². The first-order valence-corrected chi connectivity index (χ1v) is 4.38. The van der Waals surface area contributed by atoms with Crippen LogP contribution in [0.3, 0.4) is 0 Å². The fourth-order valence-corrected chi connectivity index (χ4v) is 0. The zero-order chi connectivity index (χ0) is 9.00. The first kappa shape index (κ1) is 24.1. The van der Waals surface area contributed by atoms with Crippen LogP contribution in [0, 0.1) is 74.2 Å². The van der Waals surface area contributed by atoms with E-state index < -0.39 is 15.6 Å². The third-order valence-corrected chi connectivity index (χ3v) is 0. The summed E-state index contributed by atoms with van der Waals surface area (Å²) in [4.78, 5) is 51.3. The van der Waals surface area contributed by atoms with Gasteiger partial charge in [-0.1, -0.05) is 0 Å². The van der Waals surface area contributed by atoms with Gasteiger partial charge in [0.1, 0.15) is 0 Å². The van der Waals surface area contributed by atoms with Crippen LogP contribution in [0.2, 0.25) is 0 Å². The predicted molar refractivity (Wildman–Crippen MR) is 15.2 cm³/mol. The van der Waals surface area contributed by atoms with Crippen LogP contribution in [-0.4, -0.2) is 0 Å². The summed E-state index contributed by atoms with van der Waals surface area (Å²) in [6.45, 7) is 0. The van der Waals surface area contributed by atoms with Crippen LogP contribution in [0.15, 0.2) is 0 Å². The molecule has 12 heteroatoms. The summed E-state index contributed by atoms with van der Waals surface area (Å²) in [6, 6.07) is 0. The first-order chi connectivity index (χ1) is 4.00. The molecule has 0 aliphatic heterocycles. The summed E-state index contributed by atoms with van der Waals surface area (Å²) < 4.78 is 17.1. The van der Waals surface area contributed by atoms with Crippen molar-refractivity contribution in [3.8, 4) is 0 Å². The van der Waals surface area contributed by atoms with Crippen molar-refractivity contribution >= 4 is 15.6 Å². The SMILES string of the molecule is O=P([O-])([O-])[O-].O=P([O-])([O-])[O-].[La+3].[Tb+3]. The van der Waals surface area contributed by atoms with Crippen LogP contribution in [0.1, 0.15) is 0 Å². The maximum atomic E-state index is 8.55. The molecule has 0 unspecified atom stereocenters. The van der Waals surface area contributed by atoms with Crippen molar-refractivity contribution in [2.75, 3.05) is 0 Å². The molecular weight excluding hydrogens is 488 g/mol. The molecular formula is LaO8P2Tb. The van der Waals surface area contributed by atoms with E-state index in [1.165, 1.54) is 0 Å². The molecule has 70 valence electrons. The van der Waals surface area contributed by atoms with Gasteiger partial charge in [-0.05, 0) is 0 Å². The van der Waals surface area contributed by atoms with Gasteiger partial charge in [0.05, 0.1) is 0 Å². The summed E-state index contributed by atoms with van der Waals surface area (Å²) in [7, 11) is -10.8. The van der Waals surface area contributed by atoms with Crippen LogP contribution in [0.4, 0.5) is 0 Å². The molecule has 12 heavy (non-hydrogen) atoms. The van der Waals surface area contributed by atoms with Crippen molar-refractivity contribution < 1.29 is 113 Å². The molecule has 0 aromatic heterocycles. The summed E-state index contributed by atoms with van der Waals surface area (Å²) in [5, 5.41) is 0. The summed E-state index contributed by atoms with van der Waals surface area (Å²) in [5.41, 5.74) is 0. The Hall–Kier alpha value is 2.70. The van der Waals surface area contributed by atoms with Gasteiger partial charge in [-0.25, -0.2) is 0 Å². The molecule has 0 fully saturated rings. The number of hydrogen-bond donors (Lipinski definition) is 0. The fraction of sp³-hybridized carbons (Fsp3) is 0. The smallest absolute Gasteiger partial charge is 0.822 e. The second-order valence-corrected chi connectivity index (χ2v) is 2.68. The maximum absolute atomic E-state index is 8.55. The molecule has 0 aromatic carbocycles. The standard InChI is InChI=1S/La.2H3O4P.Tb/c;2*1-5(2,3)4;/h;2*(H3,1,2,3,4);/q+3;;;+3/p-6. The number of rotatable bonds is 0. The van der Waals surface area contributed by atoms with Crippen LogP contribution in [0.25, 0.3) is 0 Å². The molecule has 0 aliphatic carbocycles. The van der Waals surface area contributed by atoms with Gasteiger partial charge in [0, 0.05) is 0 Å². The van der Waals surface area contributed by atoms with E-state index in [1.54, 1.807) is 0 Å². The van der Waals surface area contributed by atoms with E-state index in [-0.39, 0.29) is 74.2 Å². The Morgan fingerprint density at radius 1 is 0.667 bits per heavy atom. The van der Waals surface area contributed by atoms with E-state index in [9.17, 15) is 0 Å². The Labute approximate surface area is 126 Å². The maximum Gasteiger partial charge on any atom is 3.00 e. The van der Waals surface area contributed by atoms with Crippen LogP contribution >= 0.6 is 15.6 Å². The van der Waals surface area contributed by atoms with E-state index in [1.807, 2.05) is 0 Å². The molecule has 0 radical (unpaired) electrons. The zero-order valence-corrected chi connectivity index (χ0v) is 12.6. The summed E-state index contributed by atoms with van der Waals surface area (Å²) in [6.07, 6.45) is 0. The molecule has 0 spiro atoms. The molecule has 0 saturated heterocycles. The van der Waals surface area contributed by atoms with Crippen LogP contribution < -0.4 is 29.4 Å². The summed E-state index contributed by atoms with van der Waals surface area (Å²) in [5.74, 6) is 0. The molecule has 0 aromatic rings. The van der Waals surface area contributed by atoms with Gasteiger partial charge in [0.15, 0.2) is 0 Å². The largest absolute Gasteiger partial charge is 3.00 e. The van der Waals surface area contributed by atoms with Crippen molar-refractivity contribution in [1.29, 1.82) is 0 Å². The molecule has 0 amide bonds. The van der Waals surface area contributed by atoms with Crippen LogP contribution in [0.5, 0.6) is 0 Å². The first-order valence-electron chi connectivity index (χ1n) is 1.46. The molecule has 0 saturated carbocycles. The average Bonchev–Trinajstić information content (AvgIpc) is 1.12. The molecule has 0 N–H and O–H groups in total. The van der Waals surface area contributed by atoms with E-state index >= 15 is 0 Å². The molecule has 0 rings (SSSR count). The van der Waals surface area contributed by atoms with Gasteiger partial charge >= 0.3 is 74.2 Å². The van der Waals surface area contributed by atoms with Gasteiger partial charge in [-0.15, -0.1) is 0 Å². The van der Waals surface area contributed by atoms with E-state index in [4.69, 9.17) is 38.5 Å². The molecule has 0 bridgehead atoms. The average molecular weight is 488 g/mol. The fourth-order valence-electron chi connectivity index (χ4n) is 0. The third-order valence-electron chi connectivity index (χ3n) is 0. The zero-order valence-electron chi connectivity index (χ0n) is 5.07. The Balaban J connectivity index is -0.0000000457. The Morgan fingerprint density at radius 2 is 0.667 bits per heavy atom. The molecule has 0 atom stereocenters. The number of phosphoric acid groups is 2. The minimum Gasteiger partial charge on any atom is -0.822 e. The Kier molecular flexibility index (Phi) is 20.5. The predicted octanol–water partition coefficient (Wildman–Crippen LogP) is -5.65. The third kappa shape index (κ3) is 238. The molecule has 8 nitrogen and oxygen atoms in total. The van der Waals surface area contributed by atoms with Gasteiger partial charge in [-0.3, -0.25) is 0 Å².